The maximum absolute atomic E-state index is 9.91. The van der Waals surface area contributed by atoms with E-state index in [0.717, 1.165) is 6.42 Å². The highest BCUT2D eigenvalue weighted by atomic mass is 31.1. The van der Waals surface area contributed by atoms with Gasteiger partial charge < -0.3 is 0 Å². The second-order valence-corrected chi connectivity index (χ2v) is 2.67. The summed E-state index contributed by atoms with van der Waals surface area (Å²) in [6.07, 6.45) is 0.891. The van der Waals surface area contributed by atoms with Crippen molar-refractivity contribution in [1.29, 1.82) is 0 Å². The fourth-order valence-corrected chi connectivity index (χ4v) is 0.555. The molecule has 0 N–H and O–H groups in total. The first-order chi connectivity index (χ1) is 3.62. The van der Waals surface area contributed by atoms with Crippen molar-refractivity contribution in [3.63, 3.8) is 0 Å². The lowest BCUT2D eigenvalue weighted by molar-refractivity contribution is 0.123. The van der Waals surface area contributed by atoms with Crippen LogP contribution in [-0.2, 0) is 9.09 Å². The lowest BCUT2D eigenvalue weighted by Crippen LogP contribution is -2.17. The van der Waals surface area contributed by atoms with E-state index in [-0.39, 0.29) is 5.60 Å². The largest absolute Gasteiger partial charge is 0.494 e. The van der Waals surface area contributed by atoms with E-state index in [4.69, 9.17) is 4.52 Å². The topological polar surface area (TPSA) is 26.3 Å². The first-order valence-electron chi connectivity index (χ1n) is 2.67. The van der Waals surface area contributed by atoms with Gasteiger partial charge in [0.15, 0.2) is 0 Å². The molecule has 0 bridgehead atoms. The van der Waals surface area contributed by atoms with Crippen LogP contribution in [0.3, 0.4) is 0 Å². The van der Waals surface area contributed by atoms with Gasteiger partial charge in [-0.3, -0.25) is 0 Å². The van der Waals surface area contributed by atoms with Crippen LogP contribution >= 0.6 is 8.69 Å². The first kappa shape index (κ1) is 8.06. The molecule has 0 saturated heterocycles. The second kappa shape index (κ2) is 3.16. The Hall–Kier alpha value is 0.0600. The summed E-state index contributed by atoms with van der Waals surface area (Å²) in [6.45, 7) is 5.83. The first-order valence-corrected chi connectivity index (χ1v) is 3.49. The minimum absolute atomic E-state index is 0.208. The summed E-state index contributed by atoms with van der Waals surface area (Å²) in [6, 6.07) is 0. The summed E-state index contributed by atoms with van der Waals surface area (Å²) in [4.78, 5) is 0. The molecule has 0 radical (unpaired) electrons. The molecule has 0 aliphatic carbocycles. The van der Waals surface area contributed by atoms with E-state index < -0.39 is 8.69 Å². The van der Waals surface area contributed by atoms with Crippen molar-refractivity contribution in [2.24, 2.45) is 0 Å². The van der Waals surface area contributed by atoms with Gasteiger partial charge in [0.05, 0.1) is 0 Å². The molecule has 0 aliphatic heterocycles. The van der Waals surface area contributed by atoms with E-state index in [2.05, 4.69) is 0 Å². The van der Waals surface area contributed by atoms with E-state index in [0.29, 0.717) is 0 Å². The van der Waals surface area contributed by atoms with Crippen molar-refractivity contribution in [2.75, 3.05) is 0 Å². The highest BCUT2D eigenvalue weighted by molar-refractivity contribution is 7.17. The fourth-order valence-electron chi connectivity index (χ4n) is 0.185. The summed E-state index contributed by atoms with van der Waals surface area (Å²) in [5.74, 6) is 0. The standard InChI is InChI=1S/C5H12O2P/c1-4-5(2,3)7-8-6/h8H,4H2,1-3H3/q+1. The summed E-state index contributed by atoms with van der Waals surface area (Å²) in [5, 5.41) is 0. The van der Waals surface area contributed by atoms with E-state index >= 15 is 0 Å². The lowest BCUT2D eigenvalue weighted by Gasteiger charge is -2.11. The SMILES string of the molecule is CCC(C)(C)O[PH+]=O. The molecule has 3 heteroatoms. The Morgan fingerprint density at radius 1 is 1.62 bits per heavy atom. The number of hydrogen-bond acceptors (Lipinski definition) is 2. The fraction of sp³-hybridized carbons (Fsp3) is 1.00. The minimum atomic E-state index is -0.634. The molecule has 0 spiro atoms. The van der Waals surface area contributed by atoms with Crippen molar-refractivity contribution in [3.8, 4) is 0 Å². The Morgan fingerprint density at radius 2 is 2.12 bits per heavy atom. The summed E-state index contributed by atoms with van der Waals surface area (Å²) in [5.41, 5.74) is -0.208. The van der Waals surface area contributed by atoms with Crippen molar-refractivity contribution < 1.29 is 9.09 Å². The molecule has 0 aromatic heterocycles. The van der Waals surface area contributed by atoms with Gasteiger partial charge in [0.1, 0.15) is 5.60 Å². The molecule has 0 aromatic rings. The zero-order valence-corrected chi connectivity index (χ0v) is 6.52. The predicted octanol–water partition coefficient (Wildman–Crippen LogP) is 2.13. The average molecular weight is 135 g/mol. The van der Waals surface area contributed by atoms with Crippen molar-refractivity contribution in [2.45, 2.75) is 32.8 Å². The van der Waals surface area contributed by atoms with Gasteiger partial charge in [0.2, 0.25) is 0 Å². The van der Waals surface area contributed by atoms with Crippen LogP contribution in [0.5, 0.6) is 0 Å². The Bertz CT molecular complexity index is 80.5. The summed E-state index contributed by atoms with van der Waals surface area (Å²) < 4.78 is 14.8. The van der Waals surface area contributed by atoms with Crippen LogP contribution in [0.4, 0.5) is 0 Å². The Kier molecular flexibility index (Phi) is 3.18. The van der Waals surface area contributed by atoms with Gasteiger partial charge in [-0.2, -0.15) is 0 Å². The van der Waals surface area contributed by atoms with Crippen LogP contribution in [0.25, 0.3) is 0 Å². The maximum Gasteiger partial charge on any atom is 0.494 e. The predicted molar refractivity (Wildman–Crippen MR) is 34.5 cm³/mol. The third-order valence-electron chi connectivity index (χ3n) is 1.17. The van der Waals surface area contributed by atoms with Crippen LogP contribution in [0.2, 0.25) is 0 Å². The van der Waals surface area contributed by atoms with E-state index in [1.165, 1.54) is 0 Å². The number of rotatable bonds is 3. The van der Waals surface area contributed by atoms with E-state index in [9.17, 15) is 4.57 Å². The van der Waals surface area contributed by atoms with Crippen molar-refractivity contribution in [3.05, 3.63) is 0 Å². The molecule has 0 aliphatic rings. The monoisotopic (exact) mass is 135 g/mol. The van der Waals surface area contributed by atoms with Gasteiger partial charge in [-0.05, 0) is 24.8 Å². The van der Waals surface area contributed by atoms with Crippen LogP contribution in [0.15, 0.2) is 0 Å². The molecule has 0 rings (SSSR count). The van der Waals surface area contributed by atoms with E-state index in [1.807, 2.05) is 20.8 Å². The van der Waals surface area contributed by atoms with Crippen LogP contribution in [0.1, 0.15) is 27.2 Å². The Labute approximate surface area is 51.5 Å². The molecule has 0 heterocycles. The number of hydrogen-bond donors (Lipinski definition) is 0. The second-order valence-electron chi connectivity index (χ2n) is 2.30. The van der Waals surface area contributed by atoms with Crippen LogP contribution < -0.4 is 0 Å². The van der Waals surface area contributed by atoms with Crippen molar-refractivity contribution in [1.82, 2.24) is 0 Å². The average Bonchev–Trinajstić information content (AvgIpc) is 1.67. The summed E-state index contributed by atoms with van der Waals surface area (Å²) in [7, 11) is -0.634. The van der Waals surface area contributed by atoms with Gasteiger partial charge in [0, 0.05) is 0 Å². The maximum atomic E-state index is 9.91. The molecule has 0 aromatic carbocycles. The van der Waals surface area contributed by atoms with Gasteiger partial charge in [-0.25, -0.2) is 0 Å². The highest BCUT2D eigenvalue weighted by Crippen LogP contribution is 2.18. The Balaban J connectivity index is 3.53. The minimum Gasteiger partial charge on any atom is -0.142 e. The van der Waals surface area contributed by atoms with Crippen molar-refractivity contribution >= 4 is 8.69 Å². The third-order valence-corrected chi connectivity index (χ3v) is 1.81. The zero-order chi connectivity index (χ0) is 6.62. The molecule has 0 saturated carbocycles. The molecule has 1 unspecified atom stereocenters. The van der Waals surface area contributed by atoms with Gasteiger partial charge in [0.25, 0.3) is 0 Å². The smallest absolute Gasteiger partial charge is 0.142 e. The molecule has 0 amide bonds. The summed E-state index contributed by atoms with van der Waals surface area (Å²) >= 11 is 0. The van der Waals surface area contributed by atoms with Crippen LogP contribution in [0, 0.1) is 0 Å². The molecule has 0 fully saturated rings. The third kappa shape index (κ3) is 3.11. The van der Waals surface area contributed by atoms with Gasteiger partial charge in [-0.1, -0.05) is 6.92 Å². The quantitative estimate of drug-likeness (QED) is 0.554. The molecule has 8 heavy (non-hydrogen) atoms. The molecular formula is C5H12O2P+. The molecule has 2 nitrogen and oxygen atoms in total. The molecular weight excluding hydrogens is 123 g/mol. The van der Waals surface area contributed by atoms with Crippen LogP contribution in [-0.4, -0.2) is 5.60 Å². The lowest BCUT2D eigenvalue weighted by atomic mass is 10.1. The highest BCUT2D eigenvalue weighted by Gasteiger charge is 2.19. The normalized spacial score (nSPS) is 12.4. The molecule has 1 atom stereocenters. The zero-order valence-electron chi connectivity index (χ0n) is 5.52. The van der Waals surface area contributed by atoms with E-state index in [1.54, 1.807) is 0 Å². The Morgan fingerprint density at radius 3 is 2.25 bits per heavy atom. The van der Waals surface area contributed by atoms with Gasteiger partial charge >= 0.3 is 8.69 Å². The molecule has 48 valence electrons. The van der Waals surface area contributed by atoms with Gasteiger partial charge in [-0.15, -0.1) is 4.52 Å².